The Morgan fingerprint density at radius 2 is 1.94 bits per heavy atom. The summed E-state index contributed by atoms with van der Waals surface area (Å²) in [7, 11) is -5.07. The molecule has 1 aromatic rings. The molecule has 4 rings (SSSR count). The monoisotopic (exact) mass is 491 g/mol. The topological polar surface area (TPSA) is 104 Å². The van der Waals surface area contributed by atoms with Crippen LogP contribution in [0.2, 0.25) is 0 Å². The van der Waals surface area contributed by atoms with Gasteiger partial charge in [-0.15, -0.1) is 0 Å². The number of carbonyl (C=O) groups is 1. The van der Waals surface area contributed by atoms with Gasteiger partial charge in [0.05, 0.1) is 6.10 Å². The van der Waals surface area contributed by atoms with Crippen molar-refractivity contribution < 1.29 is 40.8 Å². The van der Waals surface area contributed by atoms with Crippen LogP contribution in [0.15, 0.2) is 12.1 Å². The van der Waals surface area contributed by atoms with Crippen LogP contribution in [0.4, 0.5) is 18.9 Å². The predicted molar refractivity (Wildman–Crippen MR) is 113 cm³/mol. The number of ether oxygens (including phenoxy) is 1. The lowest BCUT2D eigenvalue weighted by molar-refractivity contribution is -0.153. The zero-order valence-corrected chi connectivity index (χ0v) is 19.2. The fraction of sp³-hybridized carbons (Fsp3) is 0.682. The molecule has 3 aliphatic carbocycles. The fourth-order valence-electron chi connectivity index (χ4n) is 6.45. The first-order valence-corrected chi connectivity index (χ1v) is 12.4. The van der Waals surface area contributed by atoms with E-state index >= 15 is 0 Å². The molecule has 0 heterocycles. The van der Waals surface area contributed by atoms with Gasteiger partial charge in [-0.25, -0.2) is 0 Å². The van der Waals surface area contributed by atoms with Gasteiger partial charge in [0.2, 0.25) is 5.91 Å². The molecule has 3 aliphatic rings. The highest BCUT2D eigenvalue weighted by atomic mass is 32.2. The summed E-state index contributed by atoms with van der Waals surface area (Å²) in [5.41, 5.74) is 0.908. The van der Waals surface area contributed by atoms with E-state index in [1.165, 1.54) is 12.1 Å². The summed E-state index contributed by atoms with van der Waals surface area (Å²) in [6, 6.07) is 2.76. The van der Waals surface area contributed by atoms with Crippen molar-refractivity contribution in [2.45, 2.75) is 70.6 Å². The number of nitrogens with zero attached hydrogens (tertiary/aromatic N) is 1. The lowest BCUT2D eigenvalue weighted by Crippen LogP contribution is -2.44. The van der Waals surface area contributed by atoms with Gasteiger partial charge >= 0.3 is 16.5 Å². The van der Waals surface area contributed by atoms with E-state index in [0.29, 0.717) is 12.3 Å². The highest BCUT2D eigenvalue weighted by Gasteiger charge is 2.54. The molecule has 184 valence electrons. The Hall–Kier alpha value is -1.85. The van der Waals surface area contributed by atoms with Crippen LogP contribution in [0.5, 0.6) is 5.75 Å². The lowest BCUT2D eigenvalue weighted by Gasteiger charge is -2.50. The molecule has 1 unspecified atom stereocenters. The maximum absolute atomic E-state index is 12.9. The van der Waals surface area contributed by atoms with Crippen LogP contribution in [0.3, 0.4) is 0 Å². The van der Waals surface area contributed by atoms with Crippen LogP contribution in [0.1, 0.15) is 63.0 Å². The highest BCUT2D eigenvalue weighted by molar-refractivity contribution is 7.88. The maximum atomic E-state index is 12.9. The number of benzene rings is 1. The van der Waals surface area contributed by atoms with E-state index in [-0.39, 0.29) is 27.7 Å². The summed E-state index contributed by atoms with van der Waals surface area (Å²) in [6.45, 7) is 1.33. The summed E-state index contributed by atoms with van der Waals surface area (Å²) in [5.74, 6) is -0.906. The minimum Gasteiger partial charge on any atom is -0.482 e. The van der Waals surface area contributed by atoms with Gasteiger partial charge in [0.25, 0.3) is 0 Å². The number of anilines is 1. The van der Waals surface area contributed by atoms with Gasteiger partial charge in [-0.3, -0.25) is 9.35 Å². The van der Waals surface area contributed by atoms with Crippen molar-refractivity contribution in [1.82, 2.24) is 0 Å². The Bertz CT molecular complexity index is 1060. The molecular weight excluding hydrogens is 463 g/mol. The van der Waals surface area contributed by atoms with Gasteiger partial charge < -0.3 is 9.84 Å². The van der Waals surface area contributed by atoms with Crippen molar-refractivity contribution >= 4 is 21.9 Å². The number of amides is 1. The molecule has 0 radical (unpaired) electrons. The molecule has 1 amide bonds. The molecule has 2 N–H and O–H groups in total. The number of aliphatic hydroxyl groups is 1. The molecule has 0 spiro atoms. The Morgan fingerprint density at radius 3 is 2.55 bits per heavy atom. The van der Waals surface area contributed by atoms with Crippen molar-refractivity contribution in [2.24, 2.45) is 17.3 Å². The first-order chi connectivity index (χ1) is 15.2. The van der Waals surface area contributed by atoms with Crippen molar-refractivity contribution in [3.8, 4) is 5.75 Å². The van der Waals surface area contributed by atoms with Gasteiger partial charge in [0, 0.05) is 6.92 Å². The van der Waals surface area contributed by atoms with Crippen LogP contribution in [-0.4, -0.2) is 42.9 Å². The second kappa shape index (κ2) is 8.13. The summed E-state index contributed by atoms with van der Waals surface area (Å²) >= 11 is 0. The molecule has 11 heteroatoms. The van der Waals surface area contributed by atoms with Crippen LogP contribution >= 0.6 is 0 Å². The summed E-state index contributed by atoms with van der Waals surface area (Å²) in [6.07, 6.45) is -0.554. The Morgan fingerprint density at radius 1 is 1.24 bits per heavy atom. The zero-order chi connectivity index (χ0) is 24.3. The summed E-state index contributed by atoms with van der Waals surface area (Å²) < 4.78 is 77.1. The van der Waals surface area contributed by atoms with Crippen LogP contribution < -0.4 is 9.04 Å². The SMILES string of the molecule is CC(=O)N(c1cc2c(cc1OCC(F)(F)F)[C@H]1CC[C@]3(C)C(O)CC[C@H]3[C@@H]1CC2)S(=O)(=O)O. The number of fused-ring (bicyclic) bond motifs is 5. The number of aliphatic hydroxyl groups excluding tert-OH is 1. The van der Waals surface area contributed by atoms with Gasteiger partial charge in [-0.05, 0) is 85.0 Å². The van der Waals surface area contributed by atoms with E-state index < -0.39 is 40.4 Å². The van der Waals surface area contributed by atoms with E-state index in [0.717, 1.165) is 50.2 Å². The molecular formula is C22H28F3NO6S. The van der Waals surface area contributed by atoms with Crippen LogP contribution in [-0.2, 0) is 21.5 Å². The van der Waals surface area contributed by atoms with E-state index in [4.69, 9.17) is 4.74 Å². The van der Waals surface area contributed by atoms with Crippen LogP contribution in [0, 0.1) is 17.3 Å². The third-order valence-electron chi connectivity index (χ3n) is 7.88. The molecule has 2 saturated carbocycles. The number of halogens is 3. The van der Waals surface area contributed by atoms with Crippen molar-refractivity contribution in [2.75, 3.05) is 10.9 Å². The molecule has 0 saturated heterocycles. The maximum Gasteiger partial charge on any atom is 0.422 e. The van der Waals surface area contributed by atoms with E-state index in [1.54, 1.807) is 0 Å². The van der Waals surface area contributed by atoms with Crippen molar-refractivity contribution in [3.05, 3.63) is 23.3 Å². The molecule has 0 aliphatic heterocycles. The summed E-state index contributed by atoms with van der Waals surface area (Å²) in [4.78, 5) is 12.0. The second-order valence-electron chi connectivity index (χ2n) is 9.74. The Balaban J connectivity index is 1.78. The second-order valence-corrected chi connectivity index (χ2v) is 11.0. The molecule has 0 aromatic heterocycles. The lowest BCUT2D eigenvalue weighted by atomic mass is 9.55. The van der Waals surface area contributed by atoms with Crippen molar-refractivity contribution in [1.29, 1.82) is 0 Å². The van der Waals surface area contributed by atoms with Gasteiger partial charge in [0.1, 0.15) is 11.4 Å². The number of carbonyl (C=O) groups excluding carboxylic acids is 1. The number of alkyl halides is 3. The number of hydrogen-bond donors (Lipinski definition) is 2. The molecule has 33 heavy (non-hydrogen) atoms. The quantitative estimate of drug-likeness (QED) is 0.617. The first kappa shape index (κ1) is 24.3. The third kappa shape index (κ3) is 4.35. The number of hydrogen-bond acceptors (Lipinski definition) is 5. The van der Waals surface area contributed by atoms with Crippen molar-refractivity contribution in [3.63, 3.8) is 0 Å². The predicted octanol–water partition coefficient (Wildman–Crippen LogP) is 4.00. The average molecular weight is 492 g/mol. The molecule has 5 atom stereocenters. The van der Waals surface area contributed by atoms with Gasteiger partial charge in [-0.2, -0.15) is 25.9 Å². The smallest absolute Gasteiger partial charge is 0.422 e. The number of aryl methyl sites for hydroxylation is 1. The summed E-state index contributed by atoms with van der Waals surface area (Å²) in [5, 5.41) is 10.5. The third-order valence-corrected chi connectivity index (χ3v) is 8.80. The van der Waals surface area contributed by atoms with Crippen LogP contribution in [0.25, 0.3) is 0 Å². The fourth-order valence-corrected chi connectivity index (χ4v) is 7.17. The van der Waals surface area contributed by atoms with E-state index in [2.05, 4.69) is 6.92 Å². The van der Waals surface area contributed by atoms with Gasteiger partial charge in [0.15, 0.2) is 6.61 Å². The highest BCUT2D eigenvalue weighted by Crippen LogP contribution is 2.61. The molecule has 2 fully saturated rings. The Labute approximate surface area is 190 Å². The number of rotatable bonds is 4. The van der Waals surface area contributed by atoms with Gasteiger partial charge in [-0.1, -0.05) is 6.92 Å². The zero-order valence-electron chi connectivity index (χ0n) is 18.4. The van der Waals surface area contributed by atoms with E-state index in [9.17, 15) is 36.0 Å². The average Bonchev–Trinajstić information content (AvgIpc) is 2.99. The minimum absolute atomic E-state index is 0.0379. The Kier molecular flexibility index (Phi) is 5.98. The molecule has 1 aromatic carbocycles. The normalized spacial score (nSPS) is 31.4. The minimum atomic E-state index is -5.07. The first-order valence-electron chi connectivity index (χ1n) is 11.0. The standard InChI is InChI=1S/C22H28F3NO6S/c1-12(27)26(33(29,30)31)18-9-13-3-4-15-14(7-8-21(2)17(15)5-6-20(21)28)16(13)10-19(18)32-11-22(23,24)25/h9-10,14-15,17,20,28H,3-8,11H2,1-2H3,(H,29,30,31)/t14-,15+,17-,20?,21-/m0/s1. The largest absolute Gasteiger partial charge is 0.482 e. The van der Waals surface area contributed by atoms with E-state index in [1.807, 2.05) is 0 Å². The molecule has 7 nitrogen and oxygen atoms in total. The molecule has 0 bridgehead atoms.